The van der Waals surface area contributed by atoms with E-state index in [0.29, 0.717) is 6.04 Å². The van der Waals surface area contributed by atoms with Gasteiger partial charge in [0.2, 0.25) is 0 Å². The molecule has 3 heteroatoms. The molecule has 0 aliphatic heterocycles. The van der Waals surface area contributed by atoms with Gasteiger partial charge in [0.15, 0.2) is 0 Å². The minimum atomic E-state index is 0.284. The number of rotatable bonds is 5. The van der Waals surface area contributed by atoms with Gasteiger partial charge in [-0.2, -0.15) is 0 Å². The van der Waals surface area contributed by atoms with Crippen LogP contribution in [-0.2, 0) is 6.42 Å². The molecular weight excluding hydrogens is 216 g/mol. The van der Waals surface area contributed by atoms with Gasteiger partial charge in [0.1, 0.15) is 0 Å². The van der Waals surface area contributed by atoms with Crippen LogP contribution in [0.25, 0.3) is 0 Å². The van der Waals surface area contributed by atoms with Crippen molar-refractivity contribution in [1.29, 1.82) is 0 Å². The third-order valence-corrected chi connectivity index (χ3v) is 3.59. The number of hydrogen-bond acceptors (Lipinski definition) is 3. The highest BCUT2D eigenvalue weighted by Crippen LogP contribution is 2.23. The lowest BCUT2D eigenvalue weighted by Gasteiger charge is -2.31. The van der Waals surface area contributed by atoms with Gasteiger partial charge in [0.25, 0.3) is 0 Å². The molecule has 0 saturated carbocycles. The summed E-state index contributed by atoms with van der Waals surface area (Å²) in [5.41, 5.74) is 1.51. The zero-order chi connectivity index (χ0) is 12.2. The molecule has 0 radical (unpaired) electrons. The molecule has 0 spiro atoms. The van der Waals surface area contributed by atoms with Crippen LogP contribution in [0.15, 0.2) is 5.38 Å². The van der Waals surface area contributed by atoms with Crippen molar-refractivity contribution in [2.45, 2.75) is 53.5 Å². The standard InChI is InChI=1S/C13H24N2S/c1-6-7-14-12(13(3,4)5)8-11-9-16-10(2)15-11/h9,12,14H,6-8H2,1-5H3. The summed E-state index contributed by atoms with van der Waals surface area (Å²) in [5.74, 6) is 0. The largest absolute Gasteiger partial charge is 0.313 e. The SMILES string of the molecule is CCCNC(Cc1csc(C)n1)C(C)(C)C. The van der Waals surface area contributed by atoms with E-state index < -0.39 is 0 Å². The molecule has 0 aliphatic carbocycles. The fourth-order valence-electron chi connectivity index (χ4n) is 1.71. The summed E-state index contributed by atoms with van der Waals surface area (Å²) in [5, 5.41) is 6.98. The molecule has 92 valence electrons. The molecule has 1 atom stereocenters. The molecule has 0 aromatic carbocycles. The molecule has 1 aromatic heterocycles. The summed E-state index contributed by atoms with van der Waals surface area (Å²) < 4.78 is 0. The fraction of sp³-hybridized carbons (Fsp3) is 0.769. The van der Waals surface area contributed by atoms with Crippen molar-refractivity contribution in [1.82, 2.24) is 10.3 Å². The molecule has 0 aliphatic rings. The zero-order valence-electron chi connectivity index (χ0n) is 11.1. The Morgan fingerprint density at radius 3 is 2.56 bits per heavy atom. The third kappa shape index (κ3) is 4.22. The molecule has 0 fully saturated rings. The van der Waals surface area contributed by atoms with Crippen LogP contribution in [0.2, 0.25) is 0 Å². The van der Waals surface area contributed by atoms with Crippen LogP contribution < -0.4 is 5.32 Å². The first kappa shape index (κ1) is 13.7. The van der Waals surface area contributed by atoms with Gasteiger partial charge in [-0.3, -0.25) is 0 Å². The monoisotopic (exact) mass is 240 g/mol. The molecule has 1 rings (SSSR count). The second-order valence-electron chi connectivity index (χ2n) is 5.43. The molecule has 2 nitrogen and oxygen atoms in total. The van der Waals surface area contributed by atoms with E-state index in [1.807, 2.05) is 0 Å². The lowest BCUT2D eigenvalue weighted by atomic mass is 9.84. The number of aryl methyl sites for hydroxylation is 1. The van der Waals surface area contributed by atoms with Gasteiger partial charge in [0, 0.05) is 17.8 Å². The van der Waals surface area contributed by atoms with Gasteiger partial charge in [0.05, 0.1) is 10.7 Å². The molecule has 16 heavy (non-hydrogen) atoms. The topological polar surface area (TPSA) is 24.9 Å². The molecule has 0 amide bonds. The van der Waals surface area contributed by atoms with Gasteiger partial charge in [-0.25, -0.2) is 4.98 Å². The first-order valence-corrected chi connectivity index (χ1v) is 6.96. The van der Waals surface area contributed by atoms with E-state index in [-0.39, 0.29) is 5.41 Å². The van der Waals surface area contributed by atoms with E-state index in [1.165, 1.54) is 12.1 Å². The van der Waals surface area contributed by atoms with Crippen LogP contribution >= 0.6 is 11.3 Å². The van der Waals surface area contributed by atoms with Gasteiger partial charge in [-0.05, 0) is 25.3 Å². The van der Waals surface area contributed by atoms with E-state index in [2.05, 4.69) is 50.3 Å². The molecule has 0 bridgehead atoms. The Kier molecular flexibility index (Phi) is 4.93. The zero-order valence-corrected chi connectivity index (χ0v) is 11.9. The molecule has 1 unspecified atom stereocenters. The first-order valence-electron chi connectivity index (χ1n) is 6.08. The Labute approximate surface area is 103 Å². The highest BCUT2D eigenvalue weighted by molar-refractivity contribution is 7.09. The second kappa shape index (κ2) is 5.78. The number of aromatic nitrogens is 1. The average Bonchev–Trinajstić information content (AvgIpc) is 2.57. The van der Waals surface area contributed by atoms with Crippen molar-refractivity contribution in [2.75, 3.05) is 6.54 Å². The minimum absolute atomic E-state index is 0.284. The van der Waals surface area contributed by atoms with Crippen LogP contribution in [0.1, 0.15) is 44.8 Å². The van der Waals surface area contributed by atoms with E-state index >= 15 is 0 Å². The van der Waals surface area contributed by atoms with Crippen LogP contribution in [-0.4, -0.2) is 17.6 Å². The second-order valence-corrected chi connectivity index (χ2v) is 6.50. The van der Waals surface area contributed by atoms with E-state index in [9.17, 15) is 0 Å². The van der Waals surface area contributed by atoms with Crippen molar-refractivity contribution in [3.63, 3.8) is 0 Å². The maximum absolute atomic E-state index is 4.55. The lowest BCUT2D eigenvalue weighted by molar-refractivity contribution is 0.265. The summed E-state index contributed by atoms with van der Waals surface area (Å²) in [6, 6.07) is 0.508. The quantitative estimate of drug-likeness (QED) is 0.853. The van der Waals surface area contributed by atoms with Crippen molar-refractivity contribution < 1.29 is 0 Å². The van der Waals surface area contributed by atoms with Crippen molar-refractivity contribution in [3.8, 4) is 0 Å². The molecule has 1 heterocycles. The first-order chi connectivity index (χ1) is 7.43. The van der Waals surface area contributed by atoms with Crippen molar-refractivity contribution >= 4 is 11.3 Å². The molecule has 1 aromatic rings. The maximum Gasteiger partial charge on any atom is 0.0897 e. The van der Waals surface area contributed by atoms with E-state index in [0.717, 1.165) is 18.0 Å². The number of hydrogen-bond donors (Lipinski definition) is 1. The highest BCUT2D eigenvalue weighted by Gasteiger charge is 2.24. The molecule has 1 N–H and O–H groups in total. The summed E-state index contributed by atoms with van der Waals surface area (Å²) in [6.07, 6.45) is 2.22. The average molecular weight is 240 g/mol. The summed E-state index contributed by atoms with van der Waals surface area (Å²) in [6.45, 7) is 12.2. The van der Waals surface area contributed by atoms with Crippen LogP contribution in [0, 0.1) is 12.3 Å². The van der Waals surface area contributed by atoms with Gasteiger partial charge in [-0.15, -0.1) is 11.3 Å². The Hall–Kier alpha value is -0.410. The summed E-state index contributed by atoms with van der Waals surface area (Å²) in [4.78, 5) is 4.55. The molecular formula is C13H24N2S. The fourth-order valence-corrected chi connectivity index (χ4v) is 2.34. The smallest absolute Gasteiger partial charge is 0.0897 e. The summed E-state index contributed by atoms with van der Waals surface area (Å²) >= 11 is 1.74. The van der Waals surface area contributed by atoms with Crippen molar-refractivity contribution in [2.24, 2.45) is 5.41 Å². The normalized spacial score (nSPS) is 14.1. The Morgan fingerprint density at radius 1 is 1.44 bits per heavy atom. The van der Waals surface area contributed by atoms with Gasteiger partial charge in [-0.1, -0.05) is 27.7 Å². The van der Waals surface area contributed by atoms with Crippen LogP contribution in [0.5, 0.6) is 0 Å². The van der Waals surface area contributed by atoms with Crippen LogP contribution in [0.4, 0.5) is 0 Å². The minimum Gasteiger partial charge on any atom is -0.313 e. The maximum atomic E-state index is 4.55. The Bertz CT molecular complexity index is 312. The predicted octanol–water partition coefficient (Wildman–Crippen LogP) is 3.41. The number of nitrogens with one attached hydrogen (secondary N) is 1. The van der Waals surface area contributed by atoms with Crippen LogP contribution in [0.3, 0.4) is 0 Å². The summed E-state index contributed by atoms with van der Waals surface area (Å²) in [7, 11) is 0. The van der Waals surface area contributed by atoms with Gasteiger partial charge < -0.3 is 5.32 Å². The highest BCUT2D eigenvalue weighted by atomic mass is 32.1. The third-order valence-electron chi connectivity index (χ3n) is 2.77. The van der Waals surface area contributed by atoms with Crippen molar-refractivity contribution in [3.05, 3.63) is 16.1 Å². The lowest BCUT2D eigenvalue weighted by Crippen LogP contribution is -2.42. The molecule has 0 saturated heterocycles. The Balaban J connectivity index is 2.63. The number of nitrogens with zero attached hydrogens (tertiary/aromatic N) is 1. The Morgan fingerprint density at radius 2 is 2.12 bits per heavy atom. The van der Waals surface area contributed by atoms with Gasteiger partial charge >= 0.3 is 0 Å². The number of thiazole rings is 1. The van der Waals surface area contributed by atoms with E-state index in [4.69, 9.17) is 0 Å². The van der Waals surface area contributed by atoms with E-state index in [1.54, 1.807) is 11.3 Å². The predicted molar refractivity (Wildman–Crippen MR) is 72.1 cm³/mol.